The molecule has 0 spiro atoms. The van der Waals surface area contributed by atoms with E-state index in [1.165, 1.54) is 13.2 Å². The molecule has 108 valence electrons. The minimum atomic E-state index is -0.776. The molecule has 0 radical (unpaired) electrons. The molecule has 0 aliphatic carbocycles. The van der Waals surface area contributed by atoms with E-state index in [1.54, 1.807) is 0 Å². The highest BCUT2D eigenvalue weighted by Gasteiger charge is 2.20. The van der Waals surface area contributed by atoms with Gasteiger partial charge in [0.2, 0.25) is 0 Å². The predicted octanol–water partition coefficient (Wildman–Crippen LogP) is 2.56. The third kappa shape index (κ3) is 4.37. The summed E-state index contributed by atoms with van der Waals surface area (Å²) in [6.07, 6.45) is -0.420. The average Bonchev–Trinajstić information content (AvgIpc) is 2.39. The van der Waals surface area contributed by atoms with Crippen LogP contribution in [0.15, 0.2) is 16.6 Å². The molecular weight excluding hydrogens is 337 g/mol. The van der Waals surface area contributed by atoms with Crippen LogP contribution in [0.2, 0.25) is 0 Å². The Labute approximate surface area is 122 Å². The summed E-state index contributed by atoms with van der Waals surface area (Å²) >= 11 is 2.91. The predicted molar refractivity (Wildman–Crippen MR) is 70.7 cm³/mol. The van der Waals surface area contributed by atoms with Gasteiger partial charge in [0.1, 0.15) is 11.6 Å². The van der Waals surface area contributed by atoms with Crippen LogP contribution < -0.4 is 0 Å². The number of Topliss-reactive ketones (excluding diaryl/α,β-unsaturated/α-hetero) is 1. The summed E-state index contributed by atoms with van der Waals surface area (Å²) in [7, 11) is 1.20. The highest BCUT2D eigenvalue weighted by molar-refractivity contribution is 9.10. The lowest BCUT2D eigenvalue weighted by Crippen LogP contribution is -2.09. The minimum absolute atomic E-state index is 0.0406. The van der Waals surface area contributed by atoms with Crippen molar-refractivity contribution in [3.8, 4) is 0 Å². The van der Waals surface area contributed by atoms with E-state index >= 15 is 0 Å². The zero-order valence-electron chi connectivity index (χ0n) is 10.5. The lowest BCUT2D eigenvalue weighted by Gasteiger charge is -2.04. The second kappa shape index (κ2) is 7.09. The smallest absolute Gasteiger partial charge is 0.305 e. The first-order valence-electron chi connectivity index (χ1n) is 5.56. The van der Waals surface area contributed by atoms with Crippen LogP contribution in [0.3, 0.4) is 0 Å². The number of nitrogens with zero attached hydrogens (tertiary/aromatic N) is 1. The number of methoxy groups -OCH3 is 1. The molecule has 0 bridgehead atoms. The van der Waals surface area contributed by atoms with Crippen molar-refractivity contribution in [2.24, 2.45) is 0 Å². The second-order valence-electron chi connectivity index (χ2n) is 3.94. The molecule has 8 heteroatoms. The van der Waals surface area contributed by atoms with Gasteiger partial charge in [-0.15, -0.1) is 0 Å². The van der Waals surface area contributed by atoms with E-state index in [0.717, 1.165) is 6.07 Å². The number of nitro groups is 1. The van der Waals surface area contributed by atoms with E-state index in [-0.39, 0.29) is 35.1 Å². The fourth-order valence-corrected chi connectivity index (χ4v) is 1.92. The molecule has 0 heterocycles. The zero-order chi connectivity index (χ0) is 15.3. The quantitative estimate of drug-likeness (QED) is 0.448. The molecule has 0 aliphatic heterocycles. The summed E-state index contributed by atoms with van der Waals surface area (Å²) in [5.74, 6) is -1.67. The molecular formula is C12H11BrFNO5. The van der Waals surface area contributed by atoms with Crippen molar-refractivity contribution in [2.45, 2.75) is 19.3 Å². The van der Waals surface area contributed by atoms with E-state index in [0.29, 0.717) is 0 Å². The maximum atomic E-state index is 13.3. The maximum Gasteiger partial charge on any atom is 0.305 e. The number of nitro benzene ring substituents is 1. The second-order valence-corrected chi connectivity index (χ2v) is 4.80. The van der Waals surface area contributed by atoms with Gasteiger partial charge in [-0.3, -0.25) is 19.7 Å². The molecule has 1 rings (SSSR count). The Bertz CT molecular complexity index is 561. The number of rotatable bonds is 6. The Morgan fingerprint density at radius 3 is 2.60 bits per heavy atom. The third-order valence-corrected chi connectivity index (χ3v) is 3.15. The lowest BCUT2D eigenvalue weighted by molar-refractivity contribution is -0.385. The molecule has 0 N–H and O–H groups in total. The van der Waals surface area contributed by atoms with E-state index in [4.69, 9.17) is 0 Å². The SMILES string of the molecule is COC(=O)CCC(=O)Cc1cc(Br)c(F)cc1[N+](=O)[O-]. The summed E-state index contributed by atoms with van der Waals surface area (Å²) in [5.41, 5.74) is -0.366. The molecule has 0 atom stereocenters. The van der Waals surface area contributed by atoms with Gasteiger partial charge < -0.3 is 4.74 Å². The Hall–Kier alpha value is -1.83. The highest BCUT2D eigenvalue weighted by atomic mass is 79.9. The van der Waals surface area contributed by atoms with Crippen molar-refractivity contribution in [1.29, 1.82) is 0 Å². The summed E-state index contributed by atoms with van der Waals surface area (Å²) in [4.78, 5) is 32.6. The summed E-state index contributed by atoms with van der Waals surface area (Å²) < 4.78 is 17.7. The lowest BCUT2D eigenvalue weighted by atomic mass is 10.0. The van der Waals surface area contributed by atoms with Crippen LogP contribution in [0.1, 0.15) is 18.4 Å². The third-order valence-electron chi connectivity index (χ3n) is 2.54. The highest BCUT2D eigenvalue weighted by Crippen LogP contribution is 2.27. The molecule has 1 aromatic rings. The molecule has 0 unspecified atom stereocenters. The fraction of sp³-hybridized carbons (Fsp3) is 0.333. The first-order chi connectivity index (χ1) is 9.35. The van der Waals surface area contributed by atoms with Crippen molar-refractivity contribution in [3.63, 3.8) is 0 Å². The number of hydrogen-bond acceptors (Lipinski definition) is 5. The van der Waals surface area contributed by atoms with Crippen molar-refractivity contribution in [1.82, 2.24) is 0 Å². The van der Waals surface area contributed by atoms with Gasteiger partial charge in [-0.05, 0) is 22.0 Å². The van der Waals surface area contributed by atoms with E-state index < -0.39 is 22.4 Å². The van der Waals surface area contributed by atoms with Crippen LogP contribution in [0.5, 0.6) is 0 Å². The maximum absolute atomic E-state index is 13.3. The first-order valence-corrected chi connectivity index (χ1v) is 6.35. The number of hydrogen-bond donors (Lipinski definition) is 0. The van der Waals surface area contributed by atoms with Gasteiger partial charge in [-0.1, -0.05) is 0 Å². The van der Waals surface area contributed by atoms with Crippen LogP contribution in [0.4, 0.5) is 10.1 Å². The Morgan fingerprint density at radius 2 is 2.05 bits per heavy atom. The monoisotopic (exact) mass is 347 g/mol. The van der Waals surface area contributed by atoms with Crippen LogP contribution in [-0.4, -0.2) is 23.8 Å². The molecule has 0 aliphatic rings. The zero-order valence-corrected chi connectivity index (χ0v) is 12.1. The van der Waals surface area contributed by atoms with Gasteiger partial charge in [-0.25, -0.2) is 4.39 Å². The standard InChI is InChI=1S/C12H11BrFNO5/c1-20-12(17)3-2-8(16)4-7-5-9(13)10(14)6-11(7)15(18)19/h5-6H,2-4H2,1H3. The van der Waals surface area contributed by atoms with Crippen LogP contribution >= 0.6 is 15.9 Å². The molecule has 0 fully saturated rings. The largest absolute Gasteiger partial charge is 0.469 e. The summed E-state index contributed by atoms with van der Waals surface area (Å²) in [5, 5.41) is 10.8. The van der Waals surface area contributed by atoms with E-state index in [2.05, 4.69) is 20.7 Å². The molecule has 0 amide bonds. The number of ether oxygens (including phenoxy) is 1. The van der Waals surface area contributed by atoms with Crippen molar-refractivity contribution < 1.29 is 23.6 Å². The number of carbonyl (C=O) groups is 2. The number of ketones is 1. The van der Waals surface area contributed by atoms with Crippen molar-refractivity contribution >= 4 is 33.4 Å². The molecule has 0 aromatic heterocycles. The fourth-order valence-electron chi connectivity index (χ4n) is 1.53. The van der Waals surface area contributed by atoms with Crippen molar-refractivity contribution in [2.75, 3.05) is 7.11 Å². The van der Waals surface area contributed by atoms with Crippen LogP contribution in [0, 0.1) is 15.9 Å². The summed E-state index contributed by atoms with van der Waals surface area (Å²) in [6.45, 7) is 0. The molecule has 0 saturated heterocycles. The normalized spacial score (nSPS) is 10.2. The topological polar surface area (TPSA) is 86.5 Å². The van der Waals surface area contributed by atoms with E-state index in [9.17, 15) is 24.1 Å². The van der Waals surface area contributed by atoms with Gasteiger partial charge in [0, 0.05) is 18.4 Å². The molecule has 0 saturated carbocycles. The Morgan fingerprint density at radius 1 is 1.40 bits per heavy atom. The summed E-state index contributed by atoms with van der Waals surface area (Å²) in [6, 6.07) is 1.95. The number of halogens is 2. The van der Waals surface area contributed by atoms with Gasteiger partial charge in [0.05, 0.1) is 29.0 Å². The molecule has 20 heavy (non-hydrogen) atoms. The Balaban J connectivity index is 2.86. The van der Waals surface area contributed by atoms with Crippen molar-refractivity contribution in [3.05, 3.63) is 38.1 Å². The van der Waals surface area contributed by atoms with E-state index in [1.807, 2.05) is 0 Å². The van der Waals surface area contributed by atoms with Crippen LogP contribution in [0.25, 0.3) is 0 Å². The van der Waals surface area contributed by atoms with Gasteiger partial charge >= 0.3 is 5.97 Å². The van der Waals surface area contributed by atoms with Gasteiger partial charge in [0.15, 0.2) is 0 Å². The first kappa shape index (κ1) is 16.2. The minimum Gasteiger partial charge on any atom is -0.469 e. The van der Waals surface area contributed by atoms with Gasteiger partial charge in [0.25, 0.3) is 5.69 Å². The number of benzene rings is 1. The van der Waals surface area contributed by atoms with Gasteiger partial charge in [-0.2, -0.15) is 0 Å². The number of esters is 1. The molecule has 6 nitrogen and oxygen atoms in total. The Kier molecular flexibility index (Phi) is 5.75. The average molecular weight is 348 g/mol. The number of carbonyl (C=O) groups excluding carboxylic acids is 2. The van der Waals surface area contributed by atoms with Crippen LogP contribution in [-0.2, 0) is 20.7 Å². The molecule has 1 aromatic carbocycles.